The van der Waals surface area contributed by atoms with Gasteiger partial charge in [0.05, 0.1) is 21.5 Å². The molecule has 1 aromatic heterocycles. The van der Waals surface area contributed by atoms with Gasteiger partial charge in [0.15, 0.2) is 5.16 Å². The Balaban J connectivity index is 1.97. The number of carbonyl (C=O) groups is 1. The fourth-order valence-electron chi connectivity index (χ4n) is 1.67. The van der Waals surface area contributed by atoms with Crippen molar-refractivity contribution in [3.05, 3.63) is 45.7 Å². The second kappa shape index (κ2) is 7.11. The maximum absolute atomic E-state index is 11.9. The summed E-state index contributed by atoms with van der Waals surface area (Å²) >= 11 is 13.2. The van der Waals surface area contributed by atoms with Crippen LogP contribution in [0.25, 0.3) is 0 Å². The summed E-state index contributed by atoms with van der Waals surface area (Å²) in [6, 6.07) is 6.97. The molecule has 1 N–H and O–H groups in total. The average Bonchev–Trinajstić information content (AvgIpc) is 2.41. The molecule has 0 atom stereocenters. The second-order valence-corrected chi connectivity index (χ2v) is 6.10. The molecule has 0 radical (unpaired) electrons. The third-order valence-electron chi connectivity index (χ3n) is 2.52. The highest BCUT2D eigenvalue weighted by atomic mass is 35.5. The summed E-state index contributed by atoms with van der Waals surface area (Å²) in [5.41, 5.74) is 2.25. The molecule has 0 spiro atoms. The predicted molar refractivity (Wildman–Crippen MR) is 87.3 cm³/mol. The molecule has 0 saturated carbocycles. The van der Waals surface area contributed by atoms with E-state index < -0.39 is 0 Å². The number of amides is 1. The first kappa shape index (κ1) is 16.1. The number of hydrogen-bond acceptors (Lipinski definition) is 4. The van der Waals surface area contributed by atoms with Gasteiger partial charge in [0.25, 0.3) is 0 Å². The minimum Gasteiger partial charge on any atom is -0.324 e. The number of rotatable bonds is 4. The lowest BCUT2D eigenvalue weighted by molar-refractivity contribution is -0.113. The summed E-state index contributed by atoms with van der Waals surface area (Å²) in [7, 11) is 0. The van der Waals surface area contributed by atoms with Crippen LogP contribution in [0.4, 0.5) is 5.69 Å². The van der Waals surface area contributed by atoms with Crippen LogP contribution in [0.3, 0.4) is 0 Å². The van der Waals surface area contributed by atoms with Crippen molar-refractivity contribution >= 4 is 46.6 Å². The van der Waals surface area contributed by atoms with Gasteiger partial charge >= 0.3 is 0 Å². The van der Waals surface area contributed by atoms with Gasteiger partial charge in [0.2, 0.25) is 5.91 Å². The van der Waals surface area contributed by atoms with Crippen LogP contribution >= 0.6 is 35.0 Å². The van der Waals surface area contributed by atoms with E-state index in [-0.39, 0.29) is 11.7 Å². The molecule has 0 saturated heterocycles. The molecule has 2 aromatic rings. The van der Waals surface area contributed by atoms with Gasteiger partial charge in [-0.2, -0.15) is 0 Å². The zero-order valence-corrected chi connectivity index (χ0v) is 13.8. The largest absolute Gasteiger partial charge is 0.324 e. The number of aryl methyl sites for hydroxylation is 2. The van der Waals surface area contributed by atoms with E-state index in [1.807, 2.05) is 19.9 Å². The molecule has 4 nitrogen and oxygen atoms in total. The van der Waals surface area contributed by atoms with E-state index in [0.717, 1.165) is 11.4 Å². The van der Waals surface area contributed by atoms with Gasteiger partial charge < -0.3 is 5.32 Å². The molecular weight excluding hydrogens is 329 g/mol. The van der Waals surface area contributed by atoms with E-state index >= 15 is 0 Å². The lowest BCUT2D eigenvalue weighted by Gasteiger charge is -2.08. The molecule has 1 aromatic carbocycles. The Bertz CT molecular complexity index is 659. The van der Waals surface area contributed by atoms with Gasteiger partial charge in [-0.3, -0.25) is 4.79 Å². The van der Waals surface area contributed by atoms with Crippen molar-refractivity contribution in [3.8, 4) is 0 Å². The SMILES string of the molecule is Cc1cc(C)nc(SCC(=O)Nc2cccc(Cl)c2Cl)n1. The van der Waals surface area contributed by atoms with Gasteiger partial charge in [-0.25, -0.2) is 9.97 Å². The fraction of sp³-hybridized carbons (Fsp3) is 0.214. The molecule has 0 unspecified atom stereocenters. The van der Waals surface area contributed by atoms with E-state index in [1.165, 1.54) is 11.8 Å². The molecular formula is C14H13Cl2N3OS. The van der Waals surface area contributed by atoms with Crippen LogP contribution < -0.4 is 5.32 Å². The van der Waals surface area contributed by atoms with Gasteiger partial charge in [0, 0.05) is 11.4 Å². The minimum absolute atomic E-state index is 0.188. The Morgan fingerprint density at radius 1 is 1.24 bits per heavy atom. The fourth-order valence-corrected chi connectivity index (χ4v) is 2.77. The first-order valence-corrected chi connectivity index (χ1v) is 7.89. The van der Waals surface area contributed by atoms with Gasteiger partial charge in [-0.1, -0.05) is 41.0 Å². The van der Waals surface area contributed by atoms with E-state index in [2.05, 4.69) is 15.3 Å². The minimum atomic E-state index is -0.188. The van der Waals surface area contributed by atoms with Crippen LogP contribution in [0.15, 0.2) is 29.4 Å². The first-order valence-electron chi connectivity index (χ1n) is 6.14. The number of nitrogens with zero attached hydrogens (tertiary/aromatic N) is 2. The summed E-state index contributed by atoms with van der Waals surface area (Å²) in [6.07, 6.45) is 0. The van der Waals surface area contributed by atoms with Crippen molar-refractivity contribution in [1.29, 1.82) is 0 Å². The number of halogens is 2. The molecule has 0 bridgehead atoms. The maximum atomic E-state index is 11.9. The highest BCUT2D eigenvalue weighted by molar-refractivity contribution is 7.99. The monoisotopic (exact) mass is 341 g/mol. The lowest BCUT2D eigenvalue weighted by Crippen LogP contribution is -2.14. The molecule has 0 aliphatic heterocycles. The predicted octanol–water partition coefficient (Wildman–Crippen LogP) is 4.13. The number of nitrogens with one attached hydrogen (secondary N) is 1. The van der Waals surface area contributed by atoms with Crippen molar-refractivity contribution in [2.45, 2.75) is 19.0 Å². The zero-order valence-electron chi connectivity index (χ0n) is 11.5. The highest BCUT2D eigenvalue weighted by Gasteiger charge is 2.10. The summed E-state index contributed by atoms with van der Waals surface area (Å²) in [5.74, 6) is 0.0121. The lowest BCUT2D eigenvalue weighted by atomic mass is 10.3. The topological polar surface area (TPSA) is 54.9 Å². The van der Waals surface area contributed by atoms with Crippen molar-refractivity contribution in [2.24, 2.45) is 0 Å². The van der Waals surface area contributed by atoms with Crippen LogP contribution in [0.2, 0.25) is 10.0 Å². The van der Waals surface area contributed by atoms with E-state index in [9.17, 15) is 4.79 Å². The van der Waals surface area contributed by atoms with Crippen LogP contribution in [-0.2, 0) is 4.79 Å². The standard InChI is InChI=1S/C14H13Cl2N3OS/c1-8-6-9(2)18-14(17-8)21-7-12(20)19-11-5-3-4-10(15)13(11)16/h3-6H,7H2,1-2H3,(H,19,20). The highest BCUT2D eigenvalue weighted by Crippen LogP contribution is 2.29. The Labute approximate surface area is 137 Å². The quantitative estimate of drug-likeness (QED) is 0.670. The number of benzene rings is 1. The number of anilines is 1. The smallest absolute Gasteiger partial charge is 0.234 e. The Kier molecular flexibility index (Phi) is 5.45. The van der Waals surface area contributed by atoms with Crippen molar-refractivity contribution in [1.82, 2.24) is 9.97 Å². The first-order chi connectivity index (χ1) is 9.95. The number of carbonyl (C=O) groups excluding carboxylic acids is 1. The van der Waals surface area contributed by atoms with Crippen LogP contribution in [0.1, 0.15) is 11.4 Å². The Hall–Kier alpha value is -1.30. The molecule has 2 rings (SSSR count). The van der Waals surface area contributed by atoms with Gasteiger partial charge in [-0.15, -0.1) is 0 Å². The zero-order chi connectivity index (χ0) is 15.4. The van der Waals surface area contributed by atoms with Crippen molar-refractivity contribution in [3.63, 3.8) is 0 Å². The normalized spacial score (nSPS) is 10.5. The van der Waals surface area contributed by atoms with E-state index in [0.29, 0.717) is 20.9 Å². The number of thioether (sulfide) groups is 1. The summed E-state index contributed by atoms with van der Waals surface area (Å²) < 4.78 is 0. The molecule has 7 heteroatoms. The van der Waals surface area contributed by atoms with Crippen LogP contribution in [-0.4, -0.2) is 21.6 Å². The molecule has 1 amide bonds. The Morgan fingerprint density at radius 3 is 2.57 bits per heavy atom. The average molecular weight is 342 g/mol. The van der Waals surface area contributed by atoms with Crippen LogP contribution in [0, 0.1) is 13.8 Å². The molecule has 21 heavy (non-hydrogen) atoms. The Morgan fingerprint density at radius 2 is 1.90 bits per heavy atom. The van der Waals surface area contributed by atoms with Crippen molar-refractivity contribution in [2.75, 3.05) is 11.1 Å². The summed E-state index contributed by atoms with van der Waals surface area (Å²) in [4.78, 5) is 20.5. The summed E-state index contributed by atoms with van der Waals surface area (Å²) in [6.45, 7) is 3.79. The van der Waals surface area contributed by atoms with E-state index in [4.69, 9.17) is 23.2 Å². The second-order valence-electron chi connectivity index (χ2n) is 4.37. The van der Waals surface area contributed by atoms with E-state index in [1.54, 1.807) is 18.2 Å². The third-order valence-corrected chi connectivity index (χ3v) is 4.19. The van der Waals surface area contributed by atoms with Gasteiger partial charge in [-0.05, 0) is 32.0 Å². The molecule has 0 aliphatic rings. The molecule has 0 aliphatic carbocycles. The molecule has 1 heterocycles. The summed E-state index contributed by atoms with van der Waals surface area (Å²) in [5, 5.41) is 4.04. The number of hydrogen-bond donors (Lipinski definition) is 1. The van der Waals surface area contributed by atoms with Crippen LogP contribution in [0.5, 0.6) is 0 Å². The van der Waals surface area contributed by atoms with Gasteiger partial charge in [0.1, 0.15) is 0 Å². The third kappa shape index (κ3) is 4.59. The van der Waals surface area contributed by atoms with Crippen molar-refractivity contribution < 1.29 is 4.79 Å². The number of aromatic nitrogens is 2. The molecule has 110 valence electrons. The molecule has 0 fully saturated rings. The maximum Gasteiger partial charge on any atom is 0.234 e.